The van der Waals surface area contributed by atoms with E-state index in [2.05, 4.69) is 10.2 Å². The first-order valence-corrected chi connectivity index (χ1v) is 9.31. The average molecular weight is 413 g/mol. The number of carbonyl (C=O) groups excluding carboxylic acids is 2. The Morgan fingerprint density at radius 2 is 1.59 bits per heavy atom. The topological polar surface area (TPSA) is 83.4 Å². The summed E-state index contributed by atoms with van der Waals surface area (Å²) in [6.45, 7) is 1.70. The highest BCUT2D eigenvalue weighted by Gasteiger charge is 2.48. The molecule has 2 heterocycles. The van der Waals surface area contributed by atoms with Gasteiger partial charge in [0, 0.05) is 5.56 Å². The molecule has 1 aliphatic heterocycles. The molecule has 1 atom stereocenters. The smallest absolute Gasteiger partial charge is 0.301 e. The fourth-order valence-electron chi connectivity index (χ4n) is 3.14. The summed E-state index contributed by atoms with van der Waals surface area (Å²) >= 11 is 1.11. The van der Waals surface area contributed by atoms with Crippen LogP contribution in [0.3, 0.4) is 0 Å². The largest absolute Gasteiger partial charge is 0.507 e. The van der Waals surface area contributed by atoms with Crippen molar-refractivity contribution in [2.75, 3.05) is 4.90 Å². The van der Waals surface area contributed by atoms with E-state index in [1.54, 1.807) is 6.92 Å². The van der Waals surface area contributed by atoms with E-state index in [0.29, 0.717) is 10.6 Å². The standard InChI is InChI=1S/C20H13F2N3O3S/c1-10-23-24-20(29-10)25-16(11-2-6-13(21)7-3-11)15(18(27)19(25)28)17(26)12-4-8-14(22)9-5-12/h2-9,16,26H,1H3/t16-/m0/s1. The summed E-state index contributed by atoms with van der Waals surface area (Å²) in [6, 6.07) is 9.06. The fourth-order valence-corrected chi connectivity index (χ4v) is 3.85. The van der Waals surface area contributed by atoms with Crippen LogP contribution in [0.1, 0.15) is 22.2 Å². The minimum atomic E-state index is -1.03. The lowest BCUT2D eigenvalue weighted by Crippen LogP contribution is -2.29. The Balaban J connectivity index is 1.93. The molecule has 1 saturated heterocycles. The monoisotopic (exact) mass is 413 g/mol. The molecule has 1 aliphatic rings. The van der Waals surface area contributed by atoms with E-state index in [9.17, 15) is 23.5 Å². The zero-order valence-electron chi connectivity index (χ0n) is 15.0. The summed E-state index contributed by atoms with van der Waals surface area (Å²) in [5.41, 5.74) is 0.383. The Bertz CT molecular complexity index is 1140. The number of amides is 1. The van der Waals surface area contributed by atoms with Crippen molar-refractivity contribution in [2.24, 2.45) is 0 Å². The highest BCUT2D eigenvalue weighted by atomic mass is 32.1. The second-order valence-corrected chi connectivity index (χ2v) is 7.49. The molecule has 1 aromatic heterocycles. The van der Waals surface area contributed by atoms with E-state index >= 15 is 0 Å². The first kappa shape index (κ1) is 18.9. The molecule has 1 fully saturated rings. The lowest BCUT2D eigenvalue weighted by atomic mass is 9.95. The highest BCUT2D eigenvalue weighted by Crippen LogP contribution is 2.42. The Kier molecular flexibility index (Phi) is 4.67. The number of Topliss-reactive ketones (excluding diaryl/α,β-unsaturated/α-hetero) is 1. The molecular weight excluding hydrogens is 400 g/mol. The fraction of sp³-hybridized carbons (Fsp3) is 0.100. The maximum absolute atomic E-state index is 13.4. The molecule has 0 saturated carbocycles. The number of aliphatic hydroxyl groups excluding tert-OH is 1. The number of aryl methyl sites for hydroxylation is 1. The number of hydrogen-bond acceptors (Lipinski definition) is 6. The number of aliphatic hydroxyl groups is 1. The molecule has 146 valence electrons. The van der Waals surface area contributed by atoms with E-state index in [1.165, 1.54) is 36.4 Å². The molecule has 9 heteroatoms. The lowest BCUT2D eigenvalue weighted by molar-refractivity contribution is -0.132. The van der Waals surface area contributed by atoms with Gasteiger partial charge in [0.05, 0.1) is 11.6 Å². The third-order valence-electron chi connectivity index (χ3n) is 4.47. The van der Waals surface area contributed by atoms with Crippen molar-refractivity contribution in [1.82, 2.24) is 10.2 Å². The molecular formula is C20H13F2N3O3S. The molecule has 3 aromatic rings. The molecule has 0 spiro atoms. The van der Waals surface area contributed by atoms with Gasteiger partial charge in [0.1, 0.15) is 22.4 Å². The van der Waals surface area contributed by atoms with Crippen molar-refractivity contribution in [2.45, 2.75) is 13.0 Å². The molecule has 1 amide bonds. The van der Waals surface area contributed by atoms with Gasteiger partial charge < -0.3 is 5.11 Å². The summed E-state index contributed by atoms with van der Waals surface area (Å²) in [6.07, 6.45) is 0. The minimum absolute atomic E-state index is 0.171. The van der Waals surface area contributed by atoms with Crippen LogP contribution in [0.5, 0.6) is 0 Å². The third kappa shape index (κ3) is 3.29. The number of hydrogen-bond donors (Lipinski definition) is 1. The van der Waals surface area contributed by atoms with Crippen LogP contribution in [0, 0.1) is 18.6 Å². The Labute approximate surface area is 167 Å². The van der Waals surface area contributed by atoms with Crippen LogP contribution >= 0.6 is 11.3 Å². The zero-order chi connectivity index (χ0) is 20.7. The van der Waals surface area contributed by atoms with Gasteiger partial charge in [-0.3, -0.25) is 14.5 Å². The third-order valence-corrected chi connectivity index (χ3v) is 5.31. The van der Waals surface area contributed by atoms with Crippen LogP contribution in [0.2, 0.25) is 0 Å². The summed E-state index contributed by atoms with van der Waals surface area (Å²) in [5.74, 6) is -3.27. The zero-order valence-corrected chi connectivity index (χ0v) is 15.8. The molecule has 29 heavy (non-hydrogen) atoms. The van der Waals surface area contributed by atoms with Gasteiger partial charge in [-0.25, -0.2) is 8.78 Å². The summed E-state index contributed by atoms with van der Waals surface area (Å²) < 4.78 is 26.7. The molecule has 2 aromatic carbocycles. The maximum Gasteiger partial charge on any atom is 0.301 e. The highest BCUT2D eigenvalue weighted by molar-refractivity contribution is 7.15. The predicted molar refractivity (Wildman–Crippen MR) is 102 cm³/mol. The van der Waals surface area contributed by atoms with E-state index in [1.807, 2.05) is 0 Å². The average Bonchev–Trinajstić information content (AvgIpc) is 3.24. The number of nitrogens with zero attached hydrogens (tertiary/aromatic N) is 3. The van der Waals surface area contributed by atoms with Gasteiger partial charge >= 0.3 is 5.91 Å². The van der Waals surface area contributed by atoms with Crippen LogP contribution in [0.4, 0.5) is 13.9 Å². The van der Waals surface area contributed by atoms with Gasteiger partial charge in [0.15, 0.2) is 0 Å². The SMILES string of the molecule is Cc1nnc(N2C(=O)C(=O)C(=C(O)c3ccc(F)cc3)[C@@H]2c2ccc(F)cc2)s1. The number of benzene rings is 2. The quantitative estimate of drug-likeness (QED) is 0.402. The Morgan fingerprint density at radius 3 is 2.14 bits per heavy atom. The Morgan fingerprint density at radius 1 is 1.00 bits per heavy atom. The van der Waals surface area contributed by atoms with Gasteiger partial charge in [-0.2, -0.15) is 0 Å². The van der Waals surface area contributed by atoms with E-state index < -0.39 is 35.1 Å². The number of halogens is 2. The summed E-state index contributed by atoms with van der Waals surface area (Å²) in [5, 5.41) is 19.4. The molecule has 4 rings (SSSR count). The van der Waals surface area contributed by atoms with Crippen LogP contribution in [0.15, 0.2) is 54.1 Å². The molecule has 0 aliphatic carbocycles. The maximum atomic E-state index is 13.4. The number of rotatable bonds is 3. The van der Waals surface area contributed by atoms with E-state index in [4.69, 9.17) is 0 Å². The Hall–Kier alpha value is -3.46. The minimum Gasteiger partial charge on any atom is -0.507 e. The van der Waals surface area contributed by atoms with Gasteiger partial charge in [-0.05, 0) is 48.9 Å². The van der Waals surface area contributed by atoms with Gasteiger partial charge in [-0.15, -0.1) is 10.2 Å². The van der Waals surface area contributed by atoms with E-state index in [0.717, 1.165) is 28.4 Å². The van der Waals surface area contributed by atoms with Gasteiger partial charge in [-0.1, -0.05) is 23.5 Å². The first-order valence-electron chi connectivity index (χ1n) is 8.49. The van der Waals surface area contributed by atoms with E-state index in [-0.39, 0.29) is 16.3 Å². The lowest BCUT2D eigenvalue weighted by Gasteiger charge is -2.22. The van der Waals surface area contributed by atoms with Crippen molar-refractivity contribution in [3.8, 4) is 0 Å². The predicted octanol–water partition coefficient (Wildman–Crippen LogP) is 3.75. The second-order valence-electron chi connectivity index (χ2n) is 6.33. The van der Waals surface area contributed by atoms with Crippen molar-refractivity contribution in [3.63, 3.8) is 0 Å². The number of aromatic nitrogens is 2. The molecule has 6 nitrogen and oxygen atoms in total. The number of ketones is 1. The first-order chi connectivity index (χ1) is 13.9. The molecule has 0 radical (unpaired) electrons. The molecule has 0 bridgehead atoms. The van der Waals surface area contributed by atoms with Crippen LogP contribution < -0.4 is 4.90 Å². The number of anilines is 1. The van der Waals surface area contributed by atoms with Crippen LogP contribution in [-0.4, -0.2) is 27.0 Å². The summed E-state index contributed by atoms with van der Waals surface area (Å²) in [4.78, 5) is 26.8. The second kappa shape index (κ2) is 7.17. The van der Waals surface area contributed by atoms with Crippen LogP contribution in [0.25, 0.3) is 5.76 Å². The normalized spacial score (nSPS) is 18.4. The van der Waals surface area contributed by atoms with Gasteiger partial charge in [0.25, 0.3) is 5.78 Å². The van der Waals surface area contributed by atoms with Crippen LogP contribution in [-0.2, 0) is 9.59 Å². The summed E-state index contributed by atoms with van der Waals surface area (Å²) in [7, 11) is 0. The van der Waals surface area contributed by atoms with Gasteiger partial charge in [0.2, 0.25) is 5.13 Å². The molecule has 1 N–H and O–H groups in total. The van der Waals surface area contributed by atoms with Crippen molar-refractivity contribution in [3.05, 3.63) is 81.9 Å². The number of carbonyl (C=O) groups is 2. The van der Waals surface area contributed by atoms with Crippen molar-refractivity contribution in [1.29, 1.82) is 0 Å². The molecule has 0 unspecified atom stereocenters. The van der Waals surface area contributed by atoms with Crippen molar-refractivity contribution < 1.29 is 23.5 Å². The van der Waals surface area contributed by atoms with Crippen molar-refractivity contribution >= 4 is 33.9 Å².